The van der Waals surface area contributed by atoms with E-state index in [1.165, 1.54) is 25.7 Å². The van der Waals surface area contributed by atoms with Crippen molar-refractivity contribution < 1.29 is 4.79 Å². The minimum atomic E-state index is -0.0376. The van der Waals surface area contributed by atoms with Crippen molar-refractivity contribution in [1.29, 1.82) is 0 Å². The molecular formula is C14H26ClNO. The van der Waals surface area contributed by atoms with E-state index in [0.29, 0.717) is 17.8 Å². The Morgan fingerprint density at radius 1 is 1.29 bits per heavy atom. The first-order valence-electron chi connectivity index (χ1n) is 6.92. The minimum absolute atomic E-state index is 0.0376. The zero-order chi connectivity index (χ0) is 12.8. The number of rotatable bonds is 6. The molecule has 1 aliphatic rings. The molecule has 0 aromatic carbocycles. The lowest BCUT2D eigenvalue weighted by atomic mass is 10.1. The molecule has 0 saturated heterocycles. The number of hydrogen-bond donors (Lipinski definition) is 0. The summed E-state index contributed by atoms with van der Waals surface area (Å²) in [7, 11) is 0. The number of carbonyl (C=O) groups excluding carboxylic acids is 1. The number of alkyl halides is 1. The number of nitrogens with zero attached hydrogens (tertiary/aromatic N) is 1. The van der Waals surface area contributed by atoms with Crippen molar-refractivity contribution in [2.24, 2.45) is 11.8 Å². The van der Waals surface area contributed by atoms with E-state index in [0.717, 1.165) is 13.0 Å². The highest BCUT2D eigenvalue weighted by molar-refractivity contribution is 6.19. The summed E-state index contributed by atoms with van der Waals surface area (Å²) in [4.78, 5) is 14.4. The van der Waals surface area contributed by atoms with Crippen LogP contribution in [0.25, 0.3) is 0 Å². The molecule has 0 N–H and O–H groups in total. The molecule has 0 bridgehead atoms. The van der Waals surface area contributed by atoms with E-state index in [1.807, 2.05) is 6.92 Å². The summed E-state index contributed by atoms with van der Waals surface area (Å²) >= 11 is 5.81. The molecule has 0 heterocycles. The highest BCUT2D eigenvalue weighted by Gasteiger charge is 2.28. The Morgan fingerprint density at radius 3 is 2.35 bits per heavy atom. The quantitative estimate of drug-likeness (QED) is 0.667. The van der Waals surface area contributed by atoms with Gasteiger partial charge >= 0.3 is 0 Å². The largest absolute Gasteiger partial charge is 0.339 e. The van der Waals surface area contributed by atoms with E-state index >= 15 is 0 Å². The van der Waals surface area contributed by atoms with Crippen molar-refractivity contribution in [3.05, 3.63) is 0 Å². The summed E-state index contributed by atoms with van der Waals surface area (Å²) in [5.41, 5.74) is 0. The molecule has 100 valence electrons. The normalized spacial score (nSPS) is 18.6. The van der Waals surface area contributed by atoms with Crippen LogP contribution in [0.15, 0.2) is 0 Å². The van der Waals surface area contributed by atoms with Crippen LogP contribution in [0.1, 0.15) is 52.9 Å². The maximum absolute atomic E-state index is 12.3. The molecule has 0 aliphatic heterocycles. The van der Waals surface area contributed by atoms with Crippen LogP contribution in [0.5, 0.6) is 0 Å². The Morgan fingerprint density at radius 2 is 1.88 bits per heavy atom. The van der Waals surface area contributed by atoms with Crippen molar-refractivity contribution >= 4 is 17.5 Å². The van der Waals surface area contributed by atoms with E-state index in [4.69, 9.17) is 11.6 Å². The Balaban J connectivity index is 2.60. The van der Waals surface area contributed by atoms with Gasteiger partial charge in [0.25, 0.3) is 0 Å². The predicted octanol–water partition coefficient (Wildman–Crippen LogP) is 3.68. The van der Waals surface area contributed by atoms with E-state index in [2.05, 4.69) is 18.7 Å². The topological polar surface area (TPSA) is 20.3 Å². The molecule has 1 atom stereocenters. The average Bonchev–Trinajstić information content (AvgIpc) is 2.81. The van der Waals surface area contributed by atoms with Crippen molar-refractivity contribution in [3.8, 4) is 0 Å². The van der Waals surface area contributed by atoms with Crippen LogP contribution in [0.3, 0.4) is 0 Å². The monoisotopic (exact) mass is 259 g/mol. The van der Waals surface area contributed by atoms with Gasteiger partial charge in [-0.25, -0.2) is 0 Å². The molecule has 2 nitrogen and oxygen atoms in total. The van der Waals surface area contributed by atoms with Gasteiger partial charge in [-0.15, -0.1) is 11.6 Å². The van der Waals surface area contributed by atoms with Crippen LogP contribution in [0.2, 0.25) is 0 Å². The molecule has 1 unspecified atom stereocenters. The zero-order valence-corrected chi connectivity index (χ0v) is 12.2. The molecule has 0 aromatic rings. The molecule has 0 radical (unpaired) electrons. The van der Waals surface area contributed by atoms with Gasteiger partial charge in [0.2, 0.25) is 5.91 Å². The Labute approximate surface area is 111 Å². The number of amides is 1. The second kappa shape index (κ2) is 7.25. The Kier molecular flexibility index (Phi) is 6.32. The zero-order valence-electron chi connectivity index (χ0n) is 11.4. The summed E-state index contributed by atoms with van der Waals surface area (Å²) in [5, 5.41) is 0. The van der Waals surface area contributed by atoms with Gasteiger partial charge < -0.3 is 4.90 Å². The number of halogens is 1. The summed E-state index contributed by atoms with van der Waals surface area (Å²) in [6.45, 7) is 7.26. The first-order chi connectivity index (χ1) is 8.06. The standard InChI is InChI=1S/C14H26ClNO/c1-11(2)8-9-16(13-6-4-5-7-13)14(17)12(3)10-15/h11-13H,4-10H2,1-3H3. The van der Waals surface area contributed by atoms with Gasteiger partial charge in [-0.3, -0.25) is 4.79 Å². The number of carbonyl (C=O) groups is 1. The van der Waals surface area contributed by atoms with E-state index < -0.39 is 0 Å². The molecule has 1 rings (SSSR count). The Hall–Kier alpha value is -0.240. The maximum atomic E-state index is 12.3. The van der Waals surface area contributed by atoms with Crippen LogP contribution >= 0.6 is 11.6 Å². The SMILES string of the molecule is CC(C)CCN(C(=O)C(C)CCl)C1CCCC1. The van der Waals surface area contributed by atoms with Gasteiger partial charge in [-0.05, 0) is 25.2 Å². The smallest absolute Gasteiger partial charge is 0.226 e. The van der Waals surface area contributed by atoms with Crippen LogP contribution in [0.4, 0.5) is 0 Å². The molecule has 1 saturated carbocycles. The second-order valence-corrected chi connectivity index (χ2v) is 6.02. The Bertz CT molecular complexity index is 236. The third-order valence-corrected chi connectivity index (χ3v) is 4.11. The molecule has 0 spiro atoms. The van der Waals surface area contributed by atoms with Crippen LogP contribution in [-0.4, -0.2) is 29.3 Å². The summed E-state index contributed by atoms with van der Waals surface area (Å²) in [5.74, 6) is 1.30. The van der Waals surface area contributed by atoms with E-state index in [9.17, 15) is 4.79 Å². The van der Waals surface area contributed by atoms with Crippen LogP contribution in [0, 0.1) is 11.8 Å². The van der Waals surface area contributed by atoms with Crippen LogP contribution < -0.4 is 0 Å². The maximum Gasteiger partial charge on any atom is 0.226 e. The van der Waals surface area contributed by atoms with Crippen molar-refractivity contribution in [2.45, 2.75) is 58.9 Å². The van der Waals surface area contributed by atoms with E-state index in [-0.39, 0.29) is 11.8 Å². The molecule has 17 heavy (non-hydrogen) atoms. The molecule has 0 aromatic heterocycles. The number of hydrogen-bond acceptors (Lipinski definition) is 1. The van der Waals surface area contributed by atoms with Crippen molar-refractivity contribution in [1.82, 2.24) is 4.90 Å². The first-order valence-corrected chi connectivity index (χ1v) is 7.46. The summed E-state index contributed by atoms with van der Waals surface area (Å²) < 4.78 is 0. The lowest BCUT2D eigenvalue weighted by Gasteiger charge is -2.31. The highest BCUT2D eigenvalue weighted by atomic mass is 35.5. The minimum Gasteiger partial charge on any atom is -0.339 e. The van der Waals surface area contributed by atoms with Gasteiger partial charge in [0.1, 0.15) is 0 Å². The fourth-order valence-corrected chi connectivity index (χ4v) is 2.57. The van der Waals surface area contributed by atoms with Crippen LogP contribution in [-0.2, 0) is 4.79 Å². The molecule has 1 amide bonds. The third-order valence-electron chi connectivity index (χ3n) is 3.65. The average molecular weight is 260 g/mol. The molecule has 1 fully saturated rings. The van der Waals surface area contributed by atoms with Crippen molar-refractivity contribution in [2.75, 3.05) is 12.4 Å². The van der Waals surface area contributed by atoms with Gasteiger partial charge in [0.05, 0.1) is 0 Å². The van der Waals surface area contributed by atoms with Crippen molar-refractivity contribution in [3.63, 3.8) is 0 Å². The van der Waals surface area contributed by atoms with Gasteiger partial charge in [0.15, 0.2) is 0 Å². The third kappa shape index (κ3) is 4.50. The molecular weight excluding hydrogens is 234 g/mol. The van der Waals surface area contributed by atoms with E-state index in [1.54, 1.807) is 0 Å². The van der Waals surface area contributed by atoms with Gasteiger partial charge in [0, 0.05) is 24.4 Å². The fourth-order valence-electron chi connectivity index (χ4n) is 2.44. The highest BCUT2D eigenvalue weighted by Crippen LogP contribution is 2.25. The summed E-state index contributed by atoms with van der Waals surface area (Å²) in [6.07, 6.45) is 5.99. The lowest BCUT2D eigenvalue weighted by molar-refractivity contribution is -0.136. The fraction of sp³-hybridized carbons (Fsp3) is 0.929. The van der Waals surface area contributed by atoms with Gasteiger partial charge in [-0.2, -0.15) is 0 Å². The molecule has 1 aliphatic carbocycles. The lowest BCUT2D eigenvalue weighted by Crippen LogP contribution is -2.43. The summed E-state index contributed by atoms with van der Waals surface area (Å²) in [6, 6.07) is 0.479. The second-order valence-electron chi connectivity index (χ2n) is 5.71. The molecule has 3 heteroatoms. The first kappa shape index (κ1) is 14.8. The predicted molar refractivity (Wildman–Crippen MR) is 73.3 cm³/mol. The van der Waals surface area contributed by atoms with Gasteiger partial charge in [-0.1, -0.05) is 33.6 Å².